The maximum Gasteiger partial charge on any atom is 0.0541 e. The number of para-hydroxylation sites is 2. The fourth-order valence-corrected chi connectivity index (χ4v) is 10.1. The maximum absolute atomic E-state index is 2.44. The van der Waals surface area contributed by atoms with Crippen molar-refractivity contribution in [1.82, 2.24) is 9.13 Å². The SMILES string of the molecule is c1ccc(-c2cccc(-n3c4ccc(-c5ccc6sc7ccccc7c6c5)cc4c4cc(-c5ccc6c(c5)c5ccccc5n6-c5ccccc5)ccc43)c2)cc1. The van der Waals surface area contributed by atoms with E-state index in [9.17, 15) is 0 Å². The Bertz CT molecular complexity index is 3510. The van der Waals surface area contributed by atoms with Crippen molar-refractivity contribution in [3.05, 3.63) is 206 Å². The summed E-state index contributed by atoms with van der Waals surface area (Å²) in [5.74, 6) is 0. The quantitative estimate of drug-likeness (QED) is 0.166. The van der Waals surface area contributed by atoms with Gasteiger partial charge in [0, 0.05) is 53.1 Å². The van der Waals surface area contributed by atoms with Crippen LogP contribution in [0.25, 0.3) is 109 Å². The highest BCUT2D eigenvalue weighted by atomic mass is 32.1. The Balaban J connectivity index is 1.07. The van der Waals surface area contributed by atoms with Crippen LogP contribution < -0.4 is 0 Å². The Kier molecular flexibility index (Phi) is 7.13. The van der Waals surface area contributed by atoms with E-state index in [1.165, 1.54) is 103 Å². The van der Waals surface area contributed by atoms with Crippen LogP contribution in [0.4, 0.5) is 0 Å². The van der Waals surface area contributed by atoms with Crippen molar-refractivity contribution in [3.8, 4) is 44.8 Å². The molecule has 12 rings (SSSR count). The summed E-state index contributed by atoms with van der Waals surface area (Å²) < 4.78 is 7.48. The van der Waals surface area contributed by atoms with E-state index >= 15 is 0 Å². The van der Waals surface area contributed by atoms with Crippen molar-refractivity contribution in [2.75, 3.05) is 0 Å². The minimum atomic E-state index is 1.15. The van der Waals surface area contributed by atoms with Crippen LogP contribution in [-0.2, 0) is 0 Å². The molecule has 0 fully saturated rings. The van der Waals surface area contributed by atoms with E-state index < -0.39 is 0 Å². The second-order valence-corrected chi connectivity index (χ2v) is 16.0. The van der Waals surface area contributed by atoms with Gasteiger partial charge >= 0.3 is 0 Å². The van der Waals surface area contributed by atoms with Crippen molar-refractivity contribution in [2.24, 2.45) is 0 Å². The lowest BCUT2D eigenvalue weighted by Crippen LogP contribution is -1.94. The topological polar surface area (TPSA) is 9.86 Å². The van der Waals surface area contributed by atoms with Crippen LogP contribution in [0, 0.1) is 0 Å². The van der Waals surface area contributed by atoms with Gasteiger partial charge in [-0.1, -0.05) is 121 Å². The standard InChI is InChI=1S/C54H34N2S/c1-3-12-35(13-4-1)36-14-11-17-42(30-36)56-51-27-23-38(37-22-26-50-45(31-37)43-18-7-9-20-49(43)55(50)41-15-5-2-6-16-41)32-46(51)47-33-39(24-28-52(47)56)40-25-29-54-48(34-40)44-19-8-10-21-53(44)57-54/h1-34H. The molecular formula is C54H34N2S. The van der Waals surface area contributed by atoms with Crippen molar-refractivity contribution >= 4 is 75.1 Å². The summed E-state index contributed by atoms with van der Waals surface area (Å²) in [6, 6.07) is 75.8. The fourth-order valence-electron chi connectivity index (χ4n) is 9.03. The first-order valence-corrected chi connectivity index (χ1v) is 20.3. The molecule has 0 saturated carbocycles. The minimum Gasteiger partial charge on any atom is -0.309 e. The van der Waals surface area contributed by atoms with Gasteiger partial charge in [0.1, 0.15) is 0 Å². The van der Waals surface area contributed by atoms with Gasteiger partial charge in [-0.25, -0.2) is 0 Å². The lowest BCUT2D eigenvalue weighted by atomic mass is 9.98. The van der Waals surface area contributed by atoms with Crippen molar-refractivity contribution in [2.45, 2.75) is 0 Å². The van der Waals surface area contributed by atoms with E-state index in [1.54, 1.807) is 0 Å². The van der Waals surface area contributed by atoms with Crippen LogP contribution in [0.5, 0.6) is 0 Å². The van der Waals surface area contributed by atoms with Crippen LogP contribution >= 0.6 is 11.3 Å². The summed E-state index contributed by atoms with van der Waals surface area (Å²) in [6.07, 6.45) is 0. The summed E-state index contributed by atoms with van der Waals surface area (Å²) in [4.78, 5) is 0. The van der Waals surface area contributed by atoms with Crippen molar-refractivity contribution in [3.63, 3.8) is 0 Å². The number of thiophene rings is 1. The molecule has 0 unspecified atom stereocenters. The molecule has 0 saturated heterocycles. The molecule has 0 amide bonds. The van der Waals surface area contributed by atoms with Gasteiger partial charge in [0.2, 0.25) is 0 Å². The van der Waals surface area contributed by atoms with E-state index in [1.807, 2.05) is 11.3 Å². The molecule has 3 heterocycles. The van der Waals surface area contributed by atoms with E-state index in [2.05, 4.69) is 215 Å². The molecule has 3 aromatic heterocycles. The number of fused-ring (bicyclic) bond motifs is 9. The van der Waals surface area contributed by atoms with Crippen LogP contribution in [-0.4, -0.2) is 9.13 Å². The molecule has 3 heteroatoms. The first kappa shape index (κ1) is 32.1. The zero-order valence-corrected chi connectivity index (χ0v) is 31.7. The molecule has 12 aromatic rings. The number of aromatic nitrogens is 2. The Morgan fingerprint density at radius 2 is 0.684 bits per heavy atom. The fraction of sp³-hybridized carbons (Fsp3) is 0. The third-order valence-electron chi connectivity index (χ3n) is 11.7. The van der Waals surface area contributed by atoms with E-state index in [4.69, 9.17) is 0 Å². The second kappa shape index (κ2) is 12.7. The van der Waals surface area contributed by atoms with Crippen LogP contribution in [0.3, 0.4) is 0 Å². The zero-order valence-electron chi connectivity index (χ0n) is 30.9. The average molecular weight is 743 g/mol. The lowest BCUT2D eigenvalue weighted by molar-refractivity contribution is 1.18. The molecule has 0 aliphatic heterocycles. The van der Waals surface area contributed by atoms with Gasteiger partial charge in [-0.2, -0.15) is 0 Å². The molecule has 9 aromatic carbocycles. The highest BCUT2D eigenvalue weighted by Crippen LogP contribution is 2.41. The Morgan fingerprint density at radius 3 is 1.37 bits per heavy atom. The molecule has 266 valence electrons. The molecule has 0 aliphatic rings. The van der Waals surface area contributed by atoms with Crippen molar-refractivity contribution in [1.29, 1.82) is 0 Å². The molecule has 0 radical (unpaired) electrons. The van der Waals surface area contributed by atoms with Crippen LogP contribution in [0.1, 0.15) is 0 Å². The van der Waals surface area contributed by atoms with Crippen molar-refractivity contribution < 1.29 is 0 Å². The molecule has 0 spiro atoms. The van der Waals surface area contributed by atoms with E-state index in [0.29, 0.717) is 0 Å². The van der Waals surface area contributed by atoms with Crippen LogP contribution in [0.15, 0.2) is 206 Å². The minimum absolute atomic E-state index is 1.15. The van der Waals surface area contributed by atoms with E-state index in [0.717, 1.165) is 5.69 Å². The van der Waals surface area contributed by atoms with Crippen LogP contribution in [0.2, 0.25) is 0 Å². The van der Waals surface area contributed by atoms with Gasteiger partial charge in [-0.05, 0) is 118 Å². The number of rotatable bonds is 5. The summed E-state index contributed by atoms with van der Waals surface area (Å²) in [5.41, 5.74) is 14.4. The van der Waals surface area contributed by atoms with Gasteiger partial charge in [0.15, 0.2) is 0 Å². The summed E-state index contributed by atoms with van der Waals surface area (Å²) >= 11 is 1.87. The molecule has 0 bridgehead atoms. The average Bonchev–Trinajstić information content (AvgIpc) is 3.93. The Labute approximate surface area is 333 Å². The van der Waals surface area contributed by atoms with Gasteiger partial charge in [-0.15, -0.1) is 11.3 Å². The van der Waals surface area contributed by atoms with E-state index in [-0.39, 0.29) is 0 Å². The number of hydrogen-bond acceptors (Lipinski definition) is 1. The summed E-state index contributed by atoms with van der Waals surface area (Å²) in [5, 5.41) is 7.64. The predicted octanol–water partition coefficient (Wildman–Crippen LogP) is 15.2. The third kappa shape index (κ3) is 5.10. The second-order valence-electron chi connectivity index (χ2n) is 14.9. The molecule has 57 heavy (non-hydrogen) atoms. The van der Waals surface area contributed by atoms with Gasteiger partial charge in [0.25, 0.3) is 0 Å². The molecular weight excluding hydrogens is 709 g/mol. The summed E-state index contributed by atoms with van der Waals surface area (Å²) in [6.45, 7) is 0. The highest BCUT2D eigenvalue weighted by molar-refractivity contribution is 7.25. The number of hydrogen-bond donors (Lipinski definition) is 0. The predicted molar refractivity (Wildman–Crippen MR) is 244 cm³/mol. The summed E-state index contributed by atoms with van der Waals surface area (Å²) in [7, 11) is 0. The lowest BCUT2D eigenvalue weighted by Gasteiger charge is -2.11. The van der Waals surface area contributed by atoms with Gasteiger partial charge in [0.05, 0.1) is 22.1 Å². The first-order chi connectivity index (χ1) is 28.2. The molecule has 2 nitrogen and oxygen atoms in total. The highest BCUT2D eigenvalue weighted by Gasteiger charge is 2.18. The van der Waals surface area contributed by atoms with Gasteiger partial charge in [-0.3, -0.25) is 0 Å². The largest absolute Gasteiger partial charge is 0.309 e. The monoisotopic (exact) mass is 742 g/mol. The number of nitrogens with zero attached hydrogens (tertiary/aromatic N) is 2. The maximum atomic E-state index is 2.44. The normalized spacial score (nSPS) is 11.9. The van der Waals surface area contributed by atoms with Gasteiger partial charge < -0.3 is 9.13 Å². The Morgan fingerprint density at radius 1 is 0.246 bits per heavy atom. The molecule has 0 aliphatic carbocycles. The molecule has 0 atom stereocenters. The number of benzene rings is 9. The molecule has 0 N–H and O–H groups in total. The zero-order chi connectivity index (χ0) is 37.5. The smallest absolute Gasteiger partial charge is 0.0541 e. The first-order valence-electron chi connectivity index (χ1n) is 19.5. The Hall–Kier alpha value is -7.20. The third-order valence-corrected chi connectivity index (χ3v) is 12.9.